The predicted octanol–water partition coefficient (Wildman–Crippen LogP) is 3.38. The molecule has 1 N–H and O–H groups in total. The Kier molecular flexibility index (Phi) is 7.57. The predicted molar refractivity (Wildman–Crippen MR) is 118 cm³/mol. The van der Waals surface area contributed by atoms with Crippen LogP contribution in [0, 0.1) is 11.8 Å². The van der Waals surface area contributed by atoms with Crippen LogP contribution in [0.2, 0.25) is 0 Å². The maximum absolute atomic E-state index is 12.7. The molecule has 1 saturated carbocycles. The monoisotopic (exact) mass is 453 g/mol. The maximum atomic E-state index is 12.7. The molecule has 8 heteroatoms. The average Bonchev–Trinajstić information content (AvgIpc) is 3.63. The maximum Gasteiger partial charge on any atom is 0.408 e. The van der Waals surface area contributed by atoms with E-state index in [-0.39, 0.29) is 29.6 Å². The summed E-state index contributed by atoms with van der Waals surface area (Å²) in [6.45, 7) is 10.9. The molecule has 3 fully saturated rings. The second-order valence-corrected chi connectivity index (χ2v) is 10.2. The van der Waals surface area contributed by atoms with Gasteiger partial charge in [0.25, 0.3) is 0 Å². The van der Waals surface area contributed by atoms with E-state index in [1.54, 1.807) is 7.11 Å². The van der Waals surface area contributed by atoms with Gasteiger partial charge in [-0.3, -0.25) is 0 Å². The molecular weight excluding hydrogens is 414 g/mol. The number of epoxide rings is 2. The number of hydrogen-bond donors (Lipinski definition) is 1. The Morgan fingerprint density at radius 2 is 1.94 bits per heavy atom. The number of carbonyl (C=O) groups excluding carboxylic acids is 2. The Labute approximate surface area is 191 Å². The topological polar surface area (TPSA) is 98.9 Å². The van der Waals surface area contributed by atoms with Crippen molar-refractivity contribution in [2.24, 2.45) is 11.8 Å². The fourth-order valence-corrected chi connectivity index (χ4v) is 5.21. The van der Waals surface area contributed by atoms with Crippen LogP contribution in [-0.2, 0) is 28.5 Å². The second kappa shape index (κ2) is 9.69. The highest BCUT2D eigenvalue weighted by Gasteiger charge is 2.72. The van der Waals surface area contributed by atoms with E-state index in [9.17, 15) is 9.59 Å². The van der Waals surface area contributed by atoms with E-state index < -0.39 is 29.8 Å². The first kappa shape index (κ1) is 25.0. The van der Waals surface area contributed by atoms with Crippen LogP contribution in [0.15, 0.2) is 11.6 Å². The Morgan fingerprint density at radius 1 is 1.25 bits per heavy atom. The van der Waals surface area contributed by atoms with Crippen molar-refractivity contribution in [2.45, 2.75) is 95.9 Å². The molecule has 2 heterocycles. The van der Waals surface area contributed by atoms with Gasteiger partial charge in [-0.2, -0.15) is 0 Å². The molecule has 182 valence electrons. The molecule has 3 rings (SSSR count). The summed E-state index contributed by atoms with van der Waals surface area (Å²) in [6, 6.07) is -0.747. The second-order valence-electron chi connectivity index (χ2n) is 10.2. The molecule has 0 aromatic heterocycles. The molecule has 0 unspecified atom stereocenters. The molecule has 3 aliphatic rings. The molecule has 7 atom stereocenters. The van der Waals surface area contributed by atoms with Gasteiger partial charge in [-0.15, -0.1) is 0 Å². The van der Waals surface area contributed by atoms with Gasteiger partial charge in [-0.05, 0) is 52.4 Å². The lowest BCUT2D eigenvalue weighted by Crippen LogP contribution is -2.56. The van der Waals surface area contributed by atoms with Gasteiger partial charge in [0.15, 0.2) is 0 Å². The lowest BCUT2D eigenvalue weighted by molar-refractivity contribution is -0.143. The van der Waals surface area contributed by atoms with Gasteiger partial charge >= 0.3 is 12.1 Å². The summed E-state index contributed by atoms with van der Waals surface area (Å²) in [7, 11) is 2.95. The summed E-state index contributed by atoms with van der Waals surface area (Å²) in [6.07, 6.45) is 3.53. The van der Waals surface area contributed by atoms with Crippen LogP contribution in [0.1, 0.15) is 60.3 Å². The van der Waals surface area contributed by atoms with Crippen molar-refractivity contribution in [3.05, 3.63) is 11.6 Å². The van der Waals surface area contributed by atoms with Crippen LogP contribution in [0.5, 0.6) is 0 Å². The van der Waals surface area contributed by atoms with Gasteiger partial charge in [0.2, 0.25) is 0 Å². The minimum absolute atomic E-state index is 0.0471. The molecule has 2 saturated heterocycles. The first-order valence-corrected chi connectivity index (χ1v) is 11.6. The Morgan fingerprint density at radius 3 is 2.47 bits per heavy atom. The van der Waals surface area contributed by atoms with Crippen molar-refractivity contribution < 1.29 is 33.3 Å². The minimum atomic E-state index is -0.747. The average molecular weight is 454 g/mol. The number of ether oxygens (including phenoxy) is 5. The van der Waals surface area contributed by atoms with Crippen molar-refractivity contribution in [1.82, 2.24) is 5.32 Å². The van der Waals surface area contributed by atoms with Gasteiger partial charge in [-0.1, -0.05) is 25.5 Å². The lowest BCUT2D eigenvalue weighted by Gasteiger charge is -2.42. The molecular formula is C24H39NO7. The van der Waals surface area contributed by atoms with Gasteiger partial charge in [-0.25, -0.2) is 9.59 Å². The highest BCUT2D eigenvalue weighted by molar-refractivity contribution is 5.81. The van der Waals surface area contributed by atoms with Crippen molar-refractivity contribution in [2.75, 3.05) is 20.8 Å². The van der Waals surface area contributed by atoms with Gasteiger partial charge in [0.1, 0.15) is 29.5 Å². The van der Waals surface area contributed by atoms with E-state index in [0.29, 0.717) is 19.4 Å². The third kappa shape index (κ3) is 5.29. The largest absolute Gasteiger partial charge is 0.467 e. The molecule has 1 spiro atoms. The van der Waals surface area contributed by atoms with Crippen molar-refractivity contribution >= 4 is 12.1 Å². The molecule has 0 aromatic carbocycles. The standard InChI is InChI=1S/C24H39NO7/c1-14(2)8-9-18-23(5,32-18)20-19(28-6)17(10-11-24(20)13-30-24)31-22(27)25-16(12-15(3)4)21(26)29-7/h8,15-20H,9-13H2,1-7H3,(H,25,27)/t16-,17-,18-,19-,20+,23+,24+/m1/s1. The van der Waals surface area contributed by atoms with E-state index >= 15 is 0 Å². The van der Waals surface area contributed by atoms with Crippen LogP contribution in [0.4, 0.5) is 4.79 Å². The molecule has 0 aromatic rings. The zero-order valence-corrected chi connectivity index (χ0v) is 20.4. The minimum Gasteiger partial charge on any atom is -0.467 e. The third-order valence-electron chi connectivity index (χ3n) is 6.98. The van der Waals surface area contributed by atoms with Crippen LogP contribution in [-0.4, -0.2) is 68.4 Å². The van der Waals surface area contributed by atoms with E-state index in [1.165, 1.54) is 12.7 Å². The lowest BCUT2D eigenvalue weighted by atomic mass is 9.68. The SMILES string of the molecule is COC(=O)[C@@H](CC(C)C)NC(=O)O[C@@H]1CC[C@]2(CO2)[C@H]([C@@]2(C)O[C@@H]2CC=C(C)C)[C@@H]1OC. The number of hydrogen-bond acceptors (Lipinski definition) is 7. The highest BCUT2D eigenvalue weighted by atomic mass is 16.6. The van der Waals surface area contributed by atoms with E-state index in [0.717, 1.165) is 12.8 Å². The number of esters is 1. The summed E-state index contributed by atoms with van der Waals surface area (Å²) in [4.78, 5) is 24.8. The third-order valence-corrected chi connectivity index (χ3v) is 6.98. The fraction of sp³-hybridized carbons (Fsp3) is 0.833. The molecule has 0 bridgehead atoms. The van der Waals surface area contributed by atoms with E-state index in [4.69, 9.17) is 23.7 Å². The molecule has 2 aliphatic heterocycles. The van der Waals surface area contributed by atoms with E-state index in [2.05, 4.69) is 32.2 Å². The zero-order chi connectivity index (χ0) is 23.7. The molecule has 1 amide bonds. The molecule has 0 radical (unpaired) electrons. The fourth-order valence-electron chi connectivity index (χ4n) is 5.21. The summed E-state index contributed by atoms with van der Waals surface area (Å²) in [5.74, 6) is -0.317. The van der Waals surface area contributed by atoms with Gasteiger partial charge in [0, 0.05) is 7.11 Å². The number of methoxy groups -OCH3 is 2. The summed E-state index contributed by atoms with van der Waals surface area (Å²) in [5.41, 5.74) is 0.581. The van der Waals surface area contributed by atoms with Crippen molar-refractivity contribution in [1.29, 1.82) is 0 Å². The van der Waals surface area contributed by atoms with Gasteiger partial charge < -0.3 is 29.0 Å². The van der Waals surface area contributed by atoms with Crippen LogP contribution in [0.25, 0.3) is 0 Å². The van der Waals surface area contributed by atoms with Crippen LogP contribution >= 0.6 is 0 Å². The highest BCUT2D eigenvalue weighted by Crippen LogP contribution is 2.59. The molecule has 32 heavy (non-hydrogen) atoms. The Bertz CT molecular complexity index is 728. The number of carbonyl (C=O) groups is 2. The normalized spacial score (nSPS) is 36.4. The number of alkyl carbamates (subject to hydrolysis) is 1. The quantitative estimate of drug-likeness (QED) is 0.325. The molecule has 8 nitrogen and oxygen atoms in total. The summed E-state index contributed by atoms with van der Waals surface area (Å²) in [5, 5.41) is 2.68. The Hall–Kier alpha value is -1.64. The number of amides is 1. The first-order chi connectivity index (χ1) is 15.1. The van der Waals surface area contributed by atoms with Crippen LogP contribution < -0.4 is 5.32 Å². The van der Waals surface area contributed by atoms with Crippen molar-refractivity contribution in [3.63, 3.8) is 0 Å². The number of allylic oxidation sites excluding steroid dienone is 1. The van der Waals surface area contributed by atoms with Gasteiger partial charge in [0.05, 0.1) is 25.7 Å². The number of nitrogens with one attached hydrogen (secondary N) is 1. The smallest absolute Gasteiger partial charge is 0.408 e. The summed E-state index contributed by atoms with van der Waals surface area (Å²) >= 11 is 0. The van der Waals surface area contributed by atoms with Crippen molar-refractivity contribution in [3.8, 4) is 0 Å². The zero-order valence-electron chi connectivity index (χ0n) is 20.4. The first-order valence-electron chi connectivity index (χ1n) is 11.6. The Balaban J connectivity index is 1.69. The number of rotatable bonds is 9. The summed E-state index contributed by atoms with van der Waals surface area (Å²) < 4.78 is 28.7. The van der Waals surface area contributed by atoms with E-state index in [1.807, 2.05) is 13.8 Å². The van der Waals surface area contributed by atoms with Crippen LogP contribution in [0.3, 0.4) is 0 Å². The molecule has 1 aliphatic carbocycles.